The van der Waals surface area contributed by atoms with Crippen LogP contribution in [0.4, 0.5) is 0 Å². The minimum Gasteiger partial charge on any atom is -0.505 e. The summed E-state index contributed by atoms with van der Waals surface area (Å²) in [7, 11) is 0. The molecule has 1 heterocycles. The highest BCUT2D eigenvalue weighted by Gasteiger charge is 2.30. The molecule has 0 saturated carbocycles. The molecule has 4 nitrogen and oxygen atoms in total. The van der Waals surface area contributed by atoms with Crippen LogP contribution in [0.5, 0.6) is 5.75 Å². The fourth-order valence-corrected chi connectivity index (χ4v) is 4.04. The quantitative estimate of drug-likeness (QED) is 0.724. The maximum Gasteiger partial charge on any atom is 0.340 e. The summed E-state index contributed by atoms with van der Waals surface area (Å²) in [6.45, 7) is 4.13. The fourth-order valence-electron chi connectivity index (χ4n) is 4.04. The van der Waals surface area contributed by atoms with Crippen LogP contribution in [0.2, 0.25) is 0 Å². The average Bonchev–Trinajstić information content (AvgIpc) is 3.03. The largest absolute Gasteiger partial charge is 0.505 e. The van der Waals surface area contributed by atoms with Crippen molar-refractivity contribution in [2.24, 2.45) is 0 Å². The number of aromatic hydroxyl groups is 1. The van der Waals surface area contributed by atoms with Crippen LogP contribution in [-0.2, 0) is 12.8 Å². The molecule has 0 atom stereocenters. The summed E-state index contributed by atoms with van der Waals surface area (Å²) >= 11 is 0. The molecule has 0 fully saturated rings. The van der Waals surface area contributed by atoms with Crippen molar-refractivity contribution in [2.45, 2.75) is 38.5 Å². The zero-order valence-electron chi connectivity index (χ0n) is 14.9. The van der Waals surface area contributed by atoms with Crippen molar-refractivity contribution >= 4 is 16.9 Å². The zero-order valence-corrected chi connectivity index (χ0v) is 14.9. The number of carbonyl (C=O) groups is 1. The van der Waals surface area contributed by atoms with Crippen molar-refractivity contribution in [3.8, 4) is 5.75 Å². The molecule has 0 radical (unpaired) electrons. The first-order valence-corrected chi connectivity index (χ1v) is 8.93. The second-order valence-electron chi connectivity index (χ2n) is 7.30. The molecule has 132 valence electrons. The lowest BCUT2D eigenvalue weighted by Gasteiger charge is -2.17. The van der Waals surface area contributed by atoms with E-state index in [-0.39, 0.29) is 23.1 Å². The van der Waals surface area contributed by atoms with Gasteiger partial charge in [-0.3, -0.25) is 0 Å². The summed E-state index contributed by atoms with van der Waals surface area (Å²) in [5, 5.41) is 21.0. The maximum atomic E-state index is 11.9. The second kappa shape index (κ2) is 6.13. The molecule has 4 heteroatoms. The second-order valence-corrected chi connectivity index (χ2v) is 7.30. The van der Waals surface area contributed by atoms with Crippen LogP contribution in [-0.4, -0.2) is 21.2 Å². The van der Waals surface area contributed by atoms with Crippen LogP contribution in [0.25, 0.3) is 10.9 Å². The third-order valence-corrected chi connectivity index (χ3v) is 5.32. The summed E-state index contributed by atoms with van der Waals surface area (Å²) in [6.07, 6.45) is 1.54. The molecule has 0 bridgehead atoms. The van der Waals surface area contributed by atoms with Crippen LogP contribution >= 0.6 is 0 Å². The Balaban J connectivity index is 1.95. The summed E-state index contributed by atoms with van der Waals surface area (Å²) in [6, 6.07) is 13.7. The number of benzene rings is 2. The molecule has 26 heavy (non-hydrogen) atoms. The van der Waals surface area contributed by atoms with E-state index >= 15 is 0 Å². The minimum atomic E-state index is -1.12. The van der Waals surface area contributed by atoms with Crippen molar-refractivity contribution in [1.82, 2.24) is 4.98 Å². The van der Waals surface area contributed by atoms with Gasteiger partial charge in [0.05, 0.1) is 11.2 Å². The Morgan fingerprint density at radius 2 is 1.73 bits per heavy atom. The number of hydrogen-bond donors (Lipinski definition) is 2. The number of rotatable bonds is 3. The number of nitrogens with zero attached hydrogens (tertiary/aromatic N) is 1. The number of carboxylic acids is 1. The predicted octanol–water partition coefficient (Wildman–Crippen LogP) is 4.64. The molecular weight excluding hydrogens is 326 g/mol. The van der Waals surface area contributed by atoms with E-state index in [0.29, 0.717) is 16.6 Å². The summed E-state index contributed by atoms with van der Waals surface area (Å²) in [5.74, 6) is -1.10. The summed E-state index contributed by atoms with van der Waals surface area (Å²) in [5.41, 5.74) is 4.63. The van der Waals surface area contributed by atoms with E-state index < -0.39 is 5.97 Å². The molecule has 0 aliphatic heterocycles. The van der Waals surface area contributed by atoms with Gasteiger partial charge in [0, 0.05) is 11.3 Å². The number of aromatic nitrogens is 1. The first kappa shape index (κ1) is 16.6. The Morgan fingerprint density at radius 1 is 1.08 bits per heavy atom. The molecule has 3 aromatic rings. The number of para-hydroxylation sites is 1. The van der Waals surface area contributed by atoms with E-state index in [1.807, 2.05) is 24.3 Å². The van der Waals surface area contributed by atoms with Crippen molar-refractivity contribution in [2.75, 3.05) is 0 Å². The standard InChI is InChI=1S/C22H21NO3/c1-12(2)16-8-5-9-17-18(22(25)26)21(24)19(23-20(16)17)15-10-13-6-3-4-7-14(13)11-15/h3-9,12,15,24H,10-11H2,1-2H3,(H,25,26). The number of pyridine rings is 1. The van der Waals surface area contributed by atoms with Crippen molar-refractivity contribution in [3.63, 3.8) is 0 Å². The third kappa shape index (κ3) is 2.53. The molecule has 1 aliphatic rings. The Labute approximate surface area is 152 Å². The summed E-state index contributed by atoms with van der Waals surface area (Å²) < 4.78 is 0. The van der Waals surface area contributed by atoms with Crippen LogP contribution in [0.1, 0.15) is 58.4 Å². The molecule has 0 unspecified atom stereocenters. The minimum absolute atomic E-state index is 0.00452. The lowest BCUT2D eigenvalue weighted by Crippen LogP contribution is -2.09. The van der Waals surface area contributed by atoms with E-state index in [1.165, 1.54) is 11.1 Å². The maximum absolute atomic E-state index is 11.9. The van der Waals surface area contributed by atoms with Gasteiger partial charge in [0.25, 0.3) is 0 Å². The van der Waals surface area contributed by atoms with Crippen LogP contribution in [0.3, 0.4) is 0 Å². The van der Waals surface area contributed by atoms with Crippen LogP contribution < -0.4 is 0 Å². The lowest BCUT2D eigenvalue weighted by molar-refractivity contribution is 0.0695. The Hall–Kier alpha value is -2.88. The van der Waals surface area contributed by atoms with Crippen molar-refractivity contribution < 1.29 is 15.0 Å². The number of carboxylic acid groups (broad SMARTS) is 1. The molecule has 1 aromatic heterocycles. The zero-order chi connectivity index (χ0) is 18.4. The fraction of sp³-hybridized carbons (Fsp3) is 0.273. The van der Waals surface area contributed by atoms with E-state index in [1.54, 1.807) is 6.07 Å². The molecule has 0 spiro atoms. The van der Waals surface area contributed by atoms with Crippen molar-refractivity contribution in [1.29, 1.82) is 0 Å². The number of aromatic carboxylic acids is 1. The van der Waals surface area contributed by atoms with E-state index in [0.717, 1.165) is 18.4 Å². The first-order valence-electron chi connectivity index (χ1n) is 8.93. The topological polar surface area (TPSA) is 70.4 Å². The van der Waals surface area contributed by atoms with Gasteiger partial charge in [0.2, 0.25) is 0 Å². The average molecular weight is 347 g/mol. The van der Waals surface area contributed by atoms with Gasteiger partial charge in [-0.2, -0.15) is 0 Å². The van der Waals surface area contributed by atoms with Gasteiger partial charge in [-0.15, -0.1) is 0 Å². The summed E-state index contributed by atoms with van der Waals surface area (Å²) in [4.78, 5) is 16.7. The Morgan fingerprint density at radius 3 is 2.31 bits per heavy atom. The van der Waals surface area contributed by atoms with Gasteiger partial charge in [0.1, 0.15) is 5.56 Å². The number of fused-ring (bicyclic) bond motifs is 2. The normalized spacial score (nSPS) is 14.1. The van der Waals surface area contributed by atoms with E-state index in [2.05, 4.69) is 26.0 Å². The van der Waals surface area contributed by atoms with Gasteiger partial charge in [-0.05, 0) is 35.4 Å². The molecule has 2 aromatic carbocycles. The third-order valence-electron chi connectivity index (χ3n) is 5.32. The van der Waals surface area contributed by atoms with Crippen LogP contribution in [0, 0.1) is 0 Å². The molecule has 2 N–H and O–H groups in total. The lowest BCUT2D eigenvalue weighted by atomic mass is 9.93. The van der Waals surface area contributed by atoms with Gasteiger partial charge in [0.15, 0.2) is 5.75 Å². The highest BCUT2D eigenvalue weighted by atomic mass is 16.4. The monoisotopic (exact) mass is 347 g/mol. The Bertz CT molecular complexity index is 998. The highest BCUT2D eigenvalue weighted by molar-refractivity contribution is 6.06. The first-order chi connectivity index (χ1) is 12.5. The number of hydrogen-bond acceptors (Lipinski definition) is 3. The van der Waals surface area contributed by atoms with E-state index in [9.17, 15) is 15.0 Å². The predicted molar refractivity (Wildman–Crippen MR) is 101 cm³/mol. The molecule has 0 amide bonds. The SMILES string of the molecule is CC(C)c1cccc2c(C(=O)O)c(O)c(C3Cc4ccccc4C3)nc12. The van der Waals surface area contributed by atoms with Gasteiger partial charge >= 0.3 is 5.97 Å². The molecule has 1 aliphatic carbocycles. The highest BCUT2D eigenvalue weighted by Crippen LogP contribution is 2.41. The molecular formula is C22H21NO3. The smallest absolute Gasteiger partial charge is 0.340 e. The van der Waals surface area contributed by atoms with Gasteiger partial charge < -0.3 is 10.2 Å². The van der Waals surface area contributed by atoms with Crippen molar-refractivity contribution in [3.05, 3.63) is 70.4 Å². The Kier molecular flexibility index (Phi) is 3.91. The van der Waals surface area contributed by atoms with Gasteiger partial charge in [-0.1, -0.05) is 56.3 Å². The van der Waals surface area contributed by atoms with E-state index in [4.69, 9.17) is 4.98 Å². The van der Waals surface area contributed by atoms with Gasteiger partial charge in [-0.25, -0.2) is 9.78 Å². The van der Waals surface area contributed by atoms with Crippen LogP contribution in [0.15, 0.2) is 42.5 Å². The molecule has 0 saturated heterocycles. The molecule has 4 rings (SSSR count).